The molecule has 3 heterocycles. The van der Waals surface area contributed by atoms with Gasteiger partial charge in [-0.05, 0) is 36.8 Å². The maximum Gasteiger partial charge on any atom is 0.301 e. The molecule has 4 aromatic rings. The van der Waals surface area contributed by atoms with E-state index < -0.39 is 29.4 Å². The third-order valence-electron chi connectivity index (χ3n) is 6.76. The molecule has 2 aliphatic heterocycles. The van der Waals surface area contributed by atoms with E-state index in [0.717, 1.165) is 34.7 Å². The van der Waals surface area contributed by atoms with Gasteiger partial charge in [-0.2, -0.15) is 0 Å². The number of hydrogen-bond donors (Lipinski definition) is 1. The Kier molecular flexibility index (Phi) is 5.64. The van der Waals surface area contributed by atoms with Crippen molar-refractivity contribution < 1.29 is 28.2 Å². The summed E-state index contributed by atoms with van der Waals surface area (Å²) >= 11 is 0.962. The van der Waals surface area contributed by atoms with Gasteiger partial charge in [0.25, 0.3) is 5.78 Å². The SMILES string of the molecule is Cc1cccc(C2/C(=C(\O)c3ccc4c(c3)N(C)CCO4)C(=O)C(=O)N2c2nc3cc(F)c(F)cc3s2)c1. The summed E-state index contributed by atoms with van der Waals surface area (Å²) in [5.74, 6) is -3.55. The zero-order valence-corrected chi connectivity index (χ0v) is 21.2. The largest absolute Gasteiger partial charge is 0.507 e. The van der Waals surface area contributed by atoms with E-state index in [4.69, 9.17) is 4.74 Å². The zero-order chi connectivity index (χ0) is 26.7. The maximum absolute atomic E-state index is 13.9. The smallest absolute Gasteiger partial charge is 0.301 e. The van der Waals surface area contributed by atoms with Crippen molar-refractivity contribution in [2.75, 3.05) is 30.0 Å². The average Bonchev–Trinajstić information content (AvgIpc) is 3.41. The van der Waals surface area contributed by atoms with Crippen molar-refractivity contribution in [1.82, 2.24) is 4.98 Å². The molecule has 0 aliphatic carbocycles. The van der Waals surface area contributed by atoms with Gasteiger partial charge >= 0.3 is 5.91 Å². The molecule has 10 heteroatoms. The first-order chi connectivity index (χ1) is 18.2. The summed E-state index contributed by atoms with van der Waals surface area (Å²) in [5.41, 5.74) is 2.62. The molecule has 192 valence electrons. The number of carbonyl (C=O) groups excluding carboxylic acids is 2. The highest BCUT2D eigenvalue weighted by molar-refractivity contribution is 7.22. The standard InChI is InChI=1S/C28H21F2N3O4S/c1-14-4-3-5-15(10-14)24-23(25(34)16-6-7-21-20(11-16)32(2)8-9-37-21)26(35)27(36)33(24)28-31-19-12-17(29)18(30)13-22(19)38-28/h3-7,10-13,24,34H,8-9H2,1-2H3/b25-23+. The van der Waals surface area contributed by atoms with Crippen LogP contribution in [0.4, 0.5) is 19.6 Å². The van der Waals surface area contributed by atoms with E-state index in [2.05, 4.69) is 4.98 Å². The third kappa shape index (κ3) is 3.79. The van der Waals surface area contributed by atoms with Gasteiger partial charge in [-0.1, -0.05) is 41.2 Å². The van der Waals surface area contributed by atoms with E-state index in [9.17, 15) is 23.5 Å². The van der Waals surface area contributed by atoms with E-state index in [1.54, 1.807) is 30.3 Å². The maximum atomic E-state index is 13.9. The van der Waals surface area contributed by atoms with Crippen LogP contribution in [0.3, 0.4) is 0 Å². The lowest BCUT2D eigenvalue weighted by Gasteiger charge is -2.28. The second-order valence-corrected chi connectivity index (χ2v) is 10.3. The Balaban J connectivity index is 1.55. The van der Waals surface area contributed by atoms with Gasteiger partial charge < -0.3 is 14.7 Å². The quantitative estimate of drug-likeness (QED) is 0.218. The molecule has 0 saturated carbocycles. The first kappa shape index (κ1) is 24.1. The monoisotopic (exact) mass is 533 g/mol. The highest BCUT2D eigenvalue weighted by atomic mass is 32.1. The average molecular weight is 534 g/mol. The van der Waals surface area contributed by atoms with Crippen LogP contribution in [0.2, 0.25) is 0 Å². The molecule has 0 radical (unpaired) electrons. The number of thiazole rings is 1. The number of carbonyl (C=O) groups is 2. The number of hydrogen-bond acceptors (Lipinski definition) is 7. The number of aliphatic hydroxyl groups excluding tert-OH is 1. The molecule has 3 aromatic carbocycles. The number of likely N-dealkylation sites (N-methyl/N-ethyl adjacent to an activating group) is 1. The summed E-state index contributed by atoms with van der Waals surface area (Å²) in [5, 5.41) is 11.6. The molecule has 38 heavy (non-hydrogen) atoms. The highest BCUT2D eigenvalue weighted by Crippen LogP contribution is 2.45. The first-order valence-electron chi connectivity index (χ1n) is 11.8. The van der Waals surface area contributed by atoms with Gasteiger partial charge in [-0.3, -0.25) is 14.5 Å². The topological polar surface area (TPSA) is 83.0 Å². The molecule has 7 nitrogen and oxygen atoms in total. The van der Waals surface area contributed by atoms with Crippen molar-refractivity contribution in [2.24, 2.45) is 0 Å². The number of aromatic nitrogens is 1. The Morgan fingerprint density at radius 1 is 1.11 bits per heavy atom. The molecule has 6 rings (SSSR count). The number of anilines is 2. The summed E-state index contributed by atoms with van der Waals surface area (Å²) in [6.45, 7) is 3.06. The van der Waals surface area contributed by atoms with E-state index in [1.807, 2.05) is 31.0 Å². The Labute approximate surface area is 220 Å². The predicted octanol–water partition coefficient (Wildman–Crippen LogP) is 5.34. The number of nitrogens with zero attached hydrogens (tertiary/aromatic N) is 3. The molecule has 1 amide bonds. The van der Waals surface area contributed by atoms with Crippen LogP contribution in [0.5, 0.6) is 5.75 Å². The number of ether oxygens (including phenoxy) is 1. The fourth-order valence-electron chi connectivity index (χ4n) is 4.85. The predicted molar refractivity (Wildman–Crippen MR) is 141 cm³/mol. The van der Waals surface area contributed by atoms with Gasteiger partial charge in [0.15, 0.2) is 16.8 Å². The Bertz CT molecular complexity index is 1640. The van der Waals surface area contributed by atoms with E-state index in [-0.39, 0.29) is 22.0 Å². The van der Waals surface area contributed by atoms with Crippen LogP contribution in [-0.2, 0) is 9.59 Å². The van der Waals surface area contributed by atoms with Gasteiger partial charge in [0.2, 0.25) is 0 Å². The van der Waals surface area contributed by atoms with Crippen molar-refractivity contribution in [3.05, 3.63) is 88.5 Å². The number of fused-ring (bicyclic) bond motifs is 2. The first-order valence-corrected chi connectivity index (χ1v) is 12.7. The van der Waals surface area contributed by atoms with E-state index in [1.165, 1.54) is 4.90 Å². The van der Waals surface area contributed by atoms with Crippen molar-refractivity contribution >= 4 is 49.8 Å². The molecule has 1 N–H and O–H groups in total. The molecule has 1 aromatic heterocycles. The molecule has 0 bridgehead atoms. The van der Waals surface area contributed by atoms with Crippen LogP contribution in [-0.4, -0.2) is 42.0 Å². The second-order valence-electron chi connectivity index (χ2n) is 9.27. The molecular weight excluding hydrogens is 512 g/mol. The molecule has 1 saturated heterocycles. The van der Waals surface area contributed by atoms with Crippen LogP contribution < -0.4 is 14.5 Å². The van der Waals surface area contributed by atoms with Crippen LogP contribution in [0.1, 0.15) is 22.7 Å². The summed E-state index contributed by atoms with van der Waals surface area (Å²) < 4.78 is 33.8. The minimum absolute atomic E-state index is 0.0937. The van der Waals surface area contributed by atoms with Gasteiger partial charge in [0, 0.05) is 18.7 Å². The Morgan fingerprint density at radius 3 is 2.68 bits per heavy atom. The fraction of sp³-hybridized carbons (Fsp3) is 0.179. The van der Waals surface area contributed by atoms with Crippen molar-refractivity contribution in [3.63, 3.8) is 0 Å². The van der Waals surface area contributed by atoms with Crippen LogP contribution in [0.15, 0.2) is 60.2 Å². The second kappa shape index (κ2) is 8.91. The number of aryl methyl sites for hydroxylation is 1. The normalized spacial score (nSPS) is 18.7. The molecule has 1 fully saturated rings. The highest BCUT2D eigenvalue weighted by Gasteiger charge is 2.48. The molecule has 2 aliphatic rings. The Morgan fingerprint density at radius 2 is 1.89 bits per heavy atom. The number of Topliss-reactive ketones (excluding diaryl/α,β-unsaturated/α-hetero) is 1. The van der Waals surface area contributed by atoms with Crippen LogP contribution in [0.25, 0.3) is 16.0 Å². The minimum Gasteiger partial charge on any atom is -0.507 e. The summed E-state index contributed by atoms with van der Waals surface area (Å²) in [6, 6.07) is 13.3. The molecular formula is C28H21F2N3O4S. The number of rotatable bonds is 3. The number of benzene rings is 3. The van der Waals surface area contributed by atoms with Crippen molar-refractivity contribution in [3.8, 4) is 5.75 Å². The van der Waals surface area contributed by atoms with Gasteiger partial charge in [0.1, 0.15) is 18.1 Å². The fourth-order valence-corrected chi connectivity index (χ4v) is 5.85. The summed E-state index contributed by atoms with van der Waals surface area (Å²) in [7, 11) is 1.90. The van der Waals surface area contributed by atoms with Crippen LogP contribution >= 0.6 is 11.3 Å². The lowest BCUT2D eigenvalue weighted by atomic mass is 9.94. The summed E-state index contributed by atoms with van der Waals surface area (Å²) in [6.07, 6.45) is 0. The lowest BCUT2D eigenvalue weighted by molar-refractivity contribution is -0.132. The van der Waals surface area contributed by atoms with Crippen LogP contribution in [0, 0.1) is 18.6 Å². The molecule has 1 unspecified atom stereocenters. The van der Waals surface area contributed by atoms with Crippen molar-refractivity contribution in [2.45, 2.75) is 13.0 Å². The van der Waals surface area contributed by atoms with Gasteiger partial charge in [-0.25, -0.2) is 13.8 Å². The van der Waals surface area contributed by atoms with Gasteiger partial charge in [-0.15, -0.1) is 0 Å². The van der Waals surface area contributed by atoms with Crippen molar-refractivity contribution in [1.29, 1.82) is 0 Å². The number of amides is 1. The Hall–Kier alpha value is -4.31. The zero-order valence-electron chi connectivity index (χ0n) is 20.4. The number of ketones is 1. The third-order valence-corrected chi connectivity index (χ3v) is 7.77. The van der Waals surface area contributed by atoms with E-state index >= 15 is 0 Å². The summed E-state index contributed by atoms with van der Waals surface area (Å²) in [4.78, 5) is 34.4. The number of halogens is 2. The van der Waals surface area contributed by atoms with Gasteiger partial charge in [0.05, 0.1) is 34.1 Å². The van der Waals surface area contributed by atoms with E-state index in [0.29, 0.717) is 34.7 Å². The number of aliphatic hydroxyl groups is 1. The lowest BCUT2D eigenvalue weighted by Crippen LogP contribution is -2.29. The minimum atomic E-state index is -1.06. The molecule has 1 atom stereocenters. The molecule has 0 spiro atoms.